The number of fused-ring (bicyclic) bond motifs is 1. The van der Waals surface area contributed by atoms with Gasteiger partial charge in [-0.15, -0.1) is 0 Å². The molecule has 0 bridgehead atoms. The van der Waals surface area contributed by atoms with Crippen LogP contribution in [0.1, 0.15) is 29.5 Å². The predicted octanol–water partition coefficient (Wildman–Crippen LogP) is 3.72. The van der Waals surface area contributed by atoms with Crippen molar-refractivity contribution in [2.24, 2.45) is 0 Å². The summed E-state index contributed by atoms with van der Waals surface area (Å²) >= 11 is 0. The normalized spacial score (nSPS) is 17.1. The molecule has 1 aromatic heterocycles. The lowest BCUT2D eigenvalue weighted by Gasteiger charge is -2.32. The molecule has 0 radical (unpaired) electrons. The van der Waals surface area contributed by atoms with Gasteiger partial charge >= 0.3 is 0 Å². The number of aliphatic hydroxyl groups excluding tert-OH is 1. The average molecular weight is 377 g/mol. The maximum atomic E-state index is 12.4. The van der Waals surface area contributed by atoms with Gasteiger partial charge in [-0.1, -0.05) is 0 Å². The number of pyridine rings is 1. The first-order chi connectivity index (χ1) is 13.5. The van der Waals surface area contributed by atoms with Crippen molar-refractivity contribution >= 4 is 22.3 Å². The lowest BCUT2D eigenvalue weighted by molar-refractivity contribution is 0.154. The minimum Gasteiger partial charge on any atom is -0.391 e. The second kappa shape index (κ2) is 7.68. The van der Waals surface area contributed by atoms with Gasteiger partial charge in [0.15, 0.2) is 0 Å². The third-order valence-electron chi connectivity index (χ3n) is 5.65. The van der Waals surface area contributed by atoms with Gasteiger partial charge in [-0.05, 0) is 85.7 Å². The van der Waals surface area contributed by atoms with Gasteiger partial charge in [0.25, 0.3) is 5.56 Å². The molecule has 28 heavy (non-hydrogen) atoms. The zero-order valence-electron chi connectivity index (χ0n) is 16.5. The first-order valence-corrected chi connectivity index (χ1v) is 9.90. The van der Waals surface area contributed by atoms with Crippen LogP contribution in [-0.4, -0.2) is 29.3 Å². The molecule has 1 fully saturated rings. The Balaban J connectivity index is 1.47. The number of aliphatic hydroxyl groups is 1. The smallest absolute Gasteiger partial charge is 0.253 e. The second-order valence-corrected chi connectivity index (χ2v) is 7.79. The molecule has 4 rings (SSSR count). The van der Waals surface area contributed by atoms with Crippen molar-refractivity contribution in [1.82, 2.24) is 4.98 Å². The maximum Gasteiger partial charge on any atom is 0.253 e. The van der Waals surface area contributed by atoms with Gasteiger partial charge in [-0.2, -0.15) is 0 Å². The molecule has 1 atom stereocenters. The van der Waals surface area contributed by atoms with E-state index in [9.17, 15) is 9.90 Å². The van der Waals surface area contributed by atoms with Crippen LogP contribution >= 0.6 is 0 Å². The lowest BCUT2D eigenvalue weighted by atomic mass is 10.0. The van der Waals surface area contributed by atoms with E-state index < -0.39 is 0 Å². The van der Waals surface area contributed by atoms with Crippen molar-refractivity contribution in [3.05, 3.63) is 69.5 Å². The second-order valence-electron chi connectivity index (χ2n) is 7.79. The van der Waals surface area contributed by atoms with E-state index in [-0.39, 0.29) is 11.7 Å². The molecule has 0 spiro atoms. The van der Waals surface area contributed by atoms with E-state index >= 15 is 0 Å². The summed E-state index contributed by atoms with van der Waals surface area (Å²) in [5, 5.41) is 14.3. The van der Waals surface area contributed by atoms with E-state index in [1.54, 1.807) is 0 Å². The summed E-state index contributed by atoms with van der Waals surface area (Å²) in [6.07, 6.45) is 1.67. The molecule has 3 N–H and O–H groups in total. The molecule has 1 aliphatic rings. The van der Waals surface area contributed by atoms with Crippen molar-refractivity contribution in [3.63, 3.8) is 0 Å². The molecule has 5 heteroatoms. The Bertz CT molecular complexity index is 1040. The summed E-state index contributed by atoms with van der Waals surface area (Å²) < 4.78 is 0. The highest BCUT2D eigenvalue weighted by molar-refractivity contribution is 5.80. The largest absolute Gasteiger partial charge is 0.391 e. The maximum absolute atomic E-state index is 12.4. The topological polar surface area (TPSA) is 68.4 Å². The molecule has 2 heterocycles. The standard InChI is InChI=1S/C23H27N3O2/c1-15-10-17-12-18(23(28)25-22(17)11-16(15)2)13-24-19-5-7-20(8-6-19)26-9-3-4-21(27)14-26/h5-8,10-12,21,24,27H,3-4,9,13-14H2,1-2H3,(H,25,28)/t21-/m0/s1. The van der Waals surface area contributed by atoms with Crippen molar-refractivity contribution in [3.8, 4) is 0 Å². The summed E-state index contributed by atoms with van der Waals surface area (Å²) in [6.45, 7) is 6.28. The van der Waals surface area contributed by atoms with Crippen molar-refractivity contribution < 1.29 is 5.11 Å². The van der Waals surface area contributed by atoms with Crippen molar-refractivity contribution in [2.45, 2.75) is 39.3 Å². The molecule has 0 saturated carbocycles. The third kappa shape index (κ3) is 3.90. The Morgan fingerprint density at radius 3 is 2.64 bits per heavy atom. The minimum atomic E-state index is -0.237. The highest BCUT2D eigenvalue weighted by Crippen LogP contribution is 2.22. The van der Waals surface area contributed by atoms with Gasteiger partial charge in [0, 0.05) is 42.1 Å². The Hall–Kier alpha value is -2.79. The lowest BCUT2D eigenvalue weighted by Crippen LogP contribution is -2.38. The van der Waals surface area contributed by atoms with Crippen LogP contribution in [0, 0.1) is 13.8 Å². The summed E-state index contributed by atoms with van der Waals surface area (Å²) in [4.78, 5) is 17.6. The molecular formula is C23H27N3O2. The van der Waals surface area contributed by atoms with Gasteiger partial charge < -0.3 is 20.3 Å². The number of nitrogens with zero attached hydrogens (tertiary/aromatic N) is 1. The molecule has 1 saturated heterocycles. The van der Waals surface area contributed by atoms with E-state index in [0.29, 0.717) is 13.1 Å². The Labute approximate surface area is 165 Å². The molecule has 0 unspecified atom stereocenters. The van der Waals surface area contributed by atoms with E-state index in [0.717, 1.165) is 47.2 Å². The number of benzene rings is 2. The van der Waals surface area contributed by atoms with Gasteiger partial charge in [0.1, 0.15) is 0 Å². The van der Waals surface area contributed by atoms with Crippen LogP contribution in [0.5, 0.6) is 0 Å². The number of aromatic amines is 1. The highest BCUT2D eigenvalue weighted by Gasteiger charge is 2.17. The number of hydrogen-bond acceptors (Lipinski definition) is 4. The molecule has 0 amide bonds. The number of H-pyrrole nitrogens is 1. The number of anilines is 2. The van der Waals surface area contributed by atoms with Gasteiger partial charge in [-0.25, -0.2) is 0 Å². The van der Waals surface area contributed by atoms with Gasteiger partial charge in [0.2, 0.25) is 0 Å². The average Bonchev–Trinajstić information content (AvgIpc) is 2.68. The van der Waals surface area contributed by atoms with Crippen LogP contribution in [0.2, 0.25) is 0 Å². The number of rotatable bonds is 4. The molecule has 2 aromatic carbocycles. The summed E-state index contributed by atoms with van der Waals surface area (Å²) in [7, 11) is 0. The molecule has 3 aromatic rings. The number of nitrogens with one attached hydrogen (secondary N) is 2. The van der Waals surface area contributed by atoms with Gasteiger partial charge in [0.05, 0.1) is 6.10 Å². The number of aryl methyl sites for hydroxylation is 2. The van der Waals surface area contributed by atoms with Crippen LogP contribution in [0.4, 0.5) is 11.4 Å². The fourth-order valence-corrected chi connectivity index (χ4v) is 3.83. The predicted molar refractivity (Wildman–Crippen MR) is 115 cm³/mol. The zero-order valence-corrected chi connectivity index (χ0v) is 16.5. The molecule has 5 nitrogen and oxygen atoms in total. The molecule has 146 valence electrons. The minimum absolute atomic E-state index is 0.0535. The Morgan fingerprint density at radius 1 is 1.14 bits per heavy atom. The quantitative estimate of drug-likeness (QED) is 0.648. The number of piperidine rings is 1. The summed E-state index contributed by atoms with van der Waals surface area (Å²) in [5.74, 6) is 0. The van der Waals surface area contributed by atoms with E-state index in [2.05, 4.69) is 47.2 Å². The fourth-order valence-electron chi connectivity index (χ4n) is 3.83. The first-order valence-electron chi connectivity index (χ1n) is 9.90. The first kappa shape index (κ1) is 18.6. The molecule has 0 aliphatic carbocycles. The van der Waals surface area contributed by atoms with E-state index in [1.165, 1.54) is 11.1 Å². The van der Waals surface area contributed by atoms with Gasteiger partial charge in [-0.3, -0.25) is 4.79 Å². The van der Waals surface area contributed by atoms with E-state index in [1.807, 2.05) is 24.3 Å². The summed E-state index contributed by atoms with van der Waals surface area (Å²) in [6, 6.07) is 14.3. The molecular weight excluding hydrogens is 350 g/mol. The third-order valence-corrected chi connectivity index (χ3v) is 5.65. The monoisotopic (exact) mass is 377 g/mol. The highest BCUT2D eigenvalue weighted by atomic mass is 16.3. The van der Waals surface area contributed by atoms with Crippen LogP contribution in [0.25, 0.3) is 10.9 Å². The van der Waals surface area contributed by atoms with Crippen LogP contribution < -0.4 is 15.8 Å². The number of β-amino-alcohol motifs (C(OH)–C–C–N with tert-alkyl or cyclic N) is 1. The van der Waals surface area contributed by atoms with Crippen LogP contribution in [-0.2, 0) is 6.54 Å². The number of aromatic nitrogens is 1. The van der Waals surface area contributed by atoms with Crippen LogP contribution in [0.3, 0.4) is 0 Å². The van der Waals surface area contributed by atoms with Crippen LogP contribution in [0.15, 0.2) is 47.3 Å². The zero-order chi connectivity index (χ0) is 19.7. The van der Waals surface area contributed by atoms with E-state index in [4.69, 9.17) is 0 Å². The fraction of sp³-hybridized carbons (Fsp3) is 0.348. The van der Waals surface area contributed by atoms with Crippen molar-refractivity contribution in [2.75, 3.05) is 23.3 Å². The molecule has 1 aliphatic heterocycles. The Kier molecular flexibility index (Phi) is 5.09. The summed E-state index contributed by atoms with van der Waals surface area (Å²) in [5.41, 5.74) is 6.04. The Morgan fingerprint density at radius 2 is 1.89 bits per heavy atom. The SMILES string of the molecule is Cc1cc2cc(CNc3ccc(N4CCC[C@H](O)C4)cc3)c(=O)[nH]c2cc1C. The number of hydrogen-bond donors (Lipinski definition) is 3. The van der Waals surface area contributed by atoms with Crippen molar-refractivity contribution in [1.29, 1.82) is 0 Å².